The number of nitrogens with zero attached hydrogens (tertiary/aromatic N) is 1. The highest BCUT2D eigenvalue weighted by Gasteiger charge is 2.67. The predicted molar refractivity (Wildman–Crippen MR) is 142 cm³/mol. The molecule has 9 atom stereocenters. The zero-order chi connectivity index (χ0) is 27.3. The first kappa shape index (κ1) is 28.7. The van der Waals surface area contributed by atoms with Crippen molar-refractivity contribution >= 4 is 11.7 Å². The van der Waals surface area contributed by atoms with E-state index >= 15 is 0 Å². The van der Waals surface area contributed by atoms with Crippen molar-refractivity contribution in [3.8, 4) is 0 Å². The van der Waals surface area contributed by atoms with Crippen LogP contribution in [0.2, 0.25) is 0 Å². The minimum Gasteiger partial charge on any atom is -0.390 e. The van der Waals surface area contributed by atoms with Crippen LogP contribution < -0.4 is 0 Å². The van der Waals surface area contributed by atoms with E-state index in [0.717, 1.165) is 37.7 Å². The number of carbonyl (C=O) groups is 2. The van der Waals surface area contributed by atoms with Crippen LogP contribution in [0.5, 0.6) is 0 Å². The van der Waals surface area contributed by atoms with Crippen LogP contribution in [-0.2, 0) is 14.3 Å². The van der Waals surface area contributed by atoms with Gasteiger partial charge in [-0.2, -0.15) is 0 Å². The molecule has 1 amide bonds. The number of hydrogen-bond donors (Lipinski definition) is 3. The van der Waals surface area contributed by atoms with Gasteiger partial charge >= 0.3 is 0 Å². The molecule has 3 N–H and O–H groups in total. The average Bonchev–Trinajstić information content (AvgIpc) is 3.13. The lowest BCUT2D eigenvalue weighted by molar-refractivity contribution is -0.155. The molecule has 4 rings (SSSR count). The maximum absolute atomic E-state index is 13.6. The van der Waals surface area contributed by atoms with Crippen LogP contribution >= 0.6 is 0 Å². The summed E-state index contributed by atoms with van der Waals surface area (Å²) in [7, 11) is 1.66. The zero-order valence-corrected chi connectivity index (χ0v) is 23.7. The van der Waals surface area contributed by atoms with Crippen LogP contribution in [0.25, 0.3) is 0 Å². The van der Waals surface area contributed by atoms with Crippen molar-refractivity contribution in [2.45, 2.75) is 110 Å². The minimum atomic E-state index is -1.12. The summed E-state index contributed by atoms with van der Waals surface area (Å²) in [6.45, 7) is 11.5. The molecule has 7 nitrogen and oxygen atoms in total. The SMILES string of the molecule is CCC(CC)C(=O)N(CCOC)C(C)C1CCC2(O)C3=CC(=O)C4CC(O)C(O)CC4(C)C3CCC12C. The van der Waals surface area contributed by atoms with E-state index < -0.39 is 28.6 Å². The van der Waals surface area contributed by atoms with Crippen molar-refractivity contribution < 1.29 is 29.6 Å². The van der Waals surface area contributed by atoms with Crippen molar-refractivity contribution in [3.05, 3.63) is 11.6 Å². The summed E-state index contributed by atoms with van der Waals surface area (Å²) < 4.78 is 5.37. The number of amides is 1. The first-order valence-electron chi connectivity index (χ1n) is 14.5. The molecule has 3 saturated carbocycles. The van der Waals surface area contributed by atoms with Gasteiger partial charge in [-0.25, -0.2) is 0 Å². The number of aliphatic hydroxyl groups is 3. The Labute approximate surface area is 222 Å². The van der Waals surface area contributed by atoms with Crippen molar-refractivity contribution in [1.82, 2.24) is 4.90 Å². The smallest absolute Gasteiger partial charge is 0.225 e. The highest BCUT2D eigenvalue weighted by molar-refractivity contribution is 5.95. The van der Waals surface area contributed by atoms with Crippen LogP contribution in [0.15, 0.2) is 11.6 Å². The van der Waals surface area contributed by atoms with E-state index in [9.17, 15) is 24.9 Å². The lowest BCUT2D eigenvalue weighted by Crippen LogP contribution is -2.62. The Balaban J connectivity index is 1.67. The molecule has 0 saturated heterocycles. The second-order valence-corrected chi connectivity index (χ2v) is 12.9. The van der Waals surface area contributed by atoms with Gasteiger partial charge in [-0.15, -0.1) is 0 Å². The van der Waals surface area contributed by atoms with E-state index in [4.69, 9.17) is 4.74 Å². The molecule has 0 heterocycles. The van der Waals surface area contributed by atoms with E-state index in [1.165, 1.54) is 0 Å². The third kappa shape index (κ3) is 4.32. The predicted octanol–water partition coefficient (Wildman–Crippen LogP) is 3.49. The number of carbonyl (C=O) groups excluding carboxylic acids is 2. The van der Waals surface area contributed by atoms with Gasteiger partial charge in [0.25, 0.3) is 0 Å². The van der Waals surface area contributed by atoms with Gasteiger partial charge < -0.3 is 25.0 Å². The van der Waals surface area contributed by atoms with E-state index in [1.807, 2.05) is 4.90 Å². The summed E-state index contributed by atoms with van der Waals surface area (Å²) >= 11 is 0. The Morgan fingerprint density at radius 1 is 1.14 bits per heavy atom. The van der Waals surface area contributed by atoms with Crippen LogP contribution in [0.4, 0.5) is 0 Å². The second kappa shape index (κ2) is 10.4. The molecule has 0 radical (unpaired) electrons. The molecule has 0 aromatic carbocycles. The van der Waals surface area contributed by atoms with Crippen LogP contribution in [-0.4, -0.2) is 76.0 Å². The number of hydrogen-bond acceptors (Lipinski definition) is 6. The van der Waals surface area contributed by atoms with Gasteiger partial charge in [-0.05, 0) is 87.2 Å². The van der Waals surface area contributed by atoms with E-state index in [-0.39, 0.29) is 47.8 Å². The zero-order valence-electron chi connectivity index (χ0n) is 23.7. The van der Waals surface area contributed by atoms with Gasteiger partial charge in [0, 0.05) is 36.9 Å². The Morgan fingerprint density at radius 2 is 1.81 bits per heavy atom. The Bertz CT molecular complexity index is 916. The van der Waals surface area contributed by atoms with Crippen LogP contribution in [0.3, 0.4) is 0 Å². The van der Waals surface area contributed by atoms with Gasteiger partial charge in [-0.3, -0.25) is 9.59 Å². The fourth-order valence-corrected chi connectivity index (χ4v) is 8.98. The monoisotopic (exact) mass is 519 g/mol. The van der Waals surface area contributed by atoms with E-state index in [0.29, 0.717) is 26.0 Å². The van der Waals surface area contributed by atoms with Crippen molar-refractivity contribution in [2.75, 3.05) is 20.3 Å². The van der Waals surface area contributed by atoms with Crippen LogP contribution in [0.1, 0.15) is 86.0 Å². The molecule has 4 aliphatic rings. The quantitative estimate of drug-likeness (QED) is 0.453. The van der Waals surface area contributed by atoms with Crippen LogP contribution in [0, 0.1) is 34.5 Å². The van der Waals surface area contributed by atoms with E-state index in [2.05, 4.69) is 34.6 Å². The van der Waals surface area contributed by atoms with Crippen molar-refractivity contribution in [3.63, 3.8) is 0 Å². The number of ketones is 1. The normalized spacial score (nSPS) is 42.1. The molecule has 0 aromatic heterocycles. The Morgan fingerprint density at radius 3 is 2.43 bits per heavy atom. The molecule has 9 unspecified atom stereocenters. The first-order valence-corrected chi connectivity index (χ1v) is 14.5. The first-order chi connectivity index (χ1) is 17.4. The molecule has 210 valence electrons. The second-order valence-electron chi connectivity index (χ2n) is 12.9. The summed E-state index contributed by atoms with van der Waals surface area (Å²) in [6, 6.07) is -0.0614. The number of aliphatic hydroxyl groups excluding tert-OH is 2. The summed E-state index contributed by atoms with van der Waals surface area (Å²) in [5.74, 6) is -0.120. The third-order valence-corrected chi connectivity index (χ3v) is 11.4. The fourth-order valence-electron chi connectivity index (χ4n) is 8.98. The number of ether oxygens (including phenoxy) is 1. The summed E-state index contributed by atoms with van der Waals surface area (Å²) in [6.07, 6.45) is 5.20. The topological polar surface area (TPSA) is 107 Å². The number of methoxy groups -OCH3 is 1. The Kier molecular flexibility index (Phi) is 8.04. The van der Waals surface area contributed by atoms with Crippen molar-refractivity contribution in [1.29, 1.82) is 0 Å². The number of rotatable bonds is 8. The molecule has 0 aromatic rings. The largest absolute Gasteiger partial charge is 0.390 e. The highest BCUT2D eigenvalue weighted by atomic mass is 16.5. The van der Waals surface area contributed by atoms with Gasteiger partial charge in [0.15, 0.2) is 5.78 Å². The summed E-state index contributed by atoms with van der Waals surface area (Å²) in [5, 5.41) is 33.3. The standard InChI is InChI=1S/C30H49NO6/c1-7-19(8-2)27(35)31(13-14-37-6)18(3)20-10-12-30(36)22-15-24(32)23-16-25(33)26(34)17-28(23,4)21(22)9-11-29(20,30)5/h15,18-21,23,25-26,33-34,36H,7-14,16-17H2,1-6H3. The van der Waals surface area contributed by atoms with E-state index in [1.54, 1.807) is 13.2 Å². The van der Waals surface area contributed by atoms with Gasteiger partial charge in [0.2, 0.25) is 5.91 Å². The third-order valence-electron chi connectivity index (χ3n) is 11.4. The fraction of sp³-hybridized carbons (Fsp3) is 0.867. The summed E-state index contributed by atoms with van der Waals surface area (Å²) in [4.78, 5) is 29.0. The molecule has 0 aliphatic heterocycles. The Hall–Kier alpha value is -1.28. The van der Waals surface area contributed by atoms with Gasteiger partial charge in [0.1, 0.15) is 0 Å². The maximum Gasteiger partial charge on any atom is 0.225 e. The van der Waals surface area contributed by atoms with Gasteiger partial charge in [-0.1, -0.05) is 27.7 Å². The maximum atomic E-state index is 13.6. The van der Waals surface area contributed by atoms with Gasteiger partial charge in [0.05, 0.1) is 24.4 Å². The molecular formula is C30H49NO6. The molecule has 37 heavy (non-hydrogen) atoms. The van der Waals surface area contributed by atoms with Crippen molar-refractivity contribution in [2.24, 2.45) is 34.5 Å². The number of fused-ring (bicyclic) bond motifs is 5. The molecule has 0 bridgehead atoms. The molecule has 4 aliphatic carbocycles. The number of allylic oxidation sites excluding steroid dienone is 1. The average molecular weight is 520 g/mol. The summed E-state index contributed by atoms with van der Waals surface area (Å²) in [5.41, 5.74) is -1.23. The lowest BCUT2D eigenvalue weighted by Gasteiger charge is -2.60. The molecule has 3 fully saturated rings. The molecular weight excluding hydrogens is 470 g/mol. The molecule has 7 heteroatoms. The highest BCUT2D eigenvalue weighted by Crippen LogP contribution is 2.67. The molecule has 0 spiro atoms. The lowest BCUT2D eigenvalue weighted by atomic mass is 9.46. The minimum absolute atomic E-state index is 0.000251.